The van der Waals surface area contributed by atoms with Gasteiger partial charge in [-0.3, -0.25) is 0 Å². The normalized spacial score (nSPS) is 14.2. The SMILES string of the molecule is COC(=O)/C(=C/c1ccc2c(c1)CCO2)c1nc(C(C)(C)C)cs1. The fraction of sp³-hybridized carbons (Fsp3) is 0.368. The summed E-state index contributed by atoms with van der Waals surface area (Å²) in [5.74, 6) is 0.553. The molecule has 0 N–H and O–H groups in total. The molecule has 0 aliphatic carbocycles. The maximum absolute atomic E-state index is 12.3. The van der Waals surface area contributed by atoms with Crippen LogP contribution in [0, 0.1) is 0 Å². The number of nitrogens with zero attached hydrogens (tertiary/aromatic N) is 1. The molecule has 1 aliphatic rings. The molecule has 126 valence electrons. The Labute approximate surface area is 146 Å². The zero-order valence-corrected chi connectivity index (χ0v) is 15.2. The molecular formula is C19H21NO3S. The molecule has 0 radical (unpaired) electrons. The van der Waals surface area contributed by atoms with Crippen molar-refractivity contribution < 1.29 is 14.3 Å². The maximum Gasteiger partial charge on any atom is 0.340 e. The lowest BCUT2D eigenvalue weighted by Gasteiger charge is -2.14. The quantitative estimate of drug-likeness (QED) is 0.622. The summed E-state index contributed by atoms with van der Waals surface area (Å²) >= 11 is 1.47. The van der Waals surface area contributed by atoms with Crippen molar-refractivity contribution in [3.05, 3.63) is 45.4 Å². The van der Waals surface area contributed by atoms with Crippen molar-refractivity contribution in [3.63, 3.8) is 0 Å². The van der Waals surface area contributed by atoms with Crippen molar-refractivity contribution in [2.75, 3.05) is 13.7 Å². The Kier molecular flexibility index (Phi) is 4.45. The van der Waals surface area contributed by atoms with Crippen molar-refractivity contribution in [3.8, 4) is 5.75 Å². The van der Waals surface area contributed by atoms with Gasteiger partial charge in [-0.25, -0.2) is 9.78 Å². The second-order valence-electron chi connectivity index (χ2n) is 6.80. The van der Waals surface area contributed by atoms with E-state index < -0.39 is 0 Å². The van der Waals surface area contributed by atoms with Crippen molar-refractivity contribution >= 4 is 29.0 Å². The minimum atomic E-state index is -0.374. The van der Waals surface area contributed by atoms with Crippen LogP contribution in [-0.4, -0.2) is 24.7 Å². The van der Waals surface area contributed by atoms with E-state index in [9.17, 15) is 4.79 Å². The zero-order valence-electron chi connectivity index (χ0n) is 14.4. The minimum Gasteiger partial charge on any atom is -0.493 e. The molecule has 2 aromatic rings. The predicted octanol–water partition coefficient (Wildman–Crippen LogP) is 4.09. The Balaban J connectivity index is 2.00. The summed E-state index contributed by atoms with van der Waals surface area (Å²) in [5, 5.41) is 2.69. The van der Waals surface area contributed by atoms with Gasteiger partial charge in [-0.2, -0.15) is 0 Å². The van der Waals surface area contributed by atoms with E-state index in [0.717, 1.165) is 23.4 Å². The van der Waals surface area contributed by atoms with Gasteiger partial charge in [0.15, 0.2) is 0 Å². The van der Waals surface area contributed by atoms with Gasteiger partial charge >= 0.3 is 5.97 Å². The van der Waals surface area contributed by atoms with Gasteiger partial charge in [0.2, 0.25) is 0 Å². The molecule has 0 saturated carbocycles. The average Bonchev–Trinajstić information content (AvgIpc) is 3.19. The molecule has 0 fully saturated rings. The van der Waals surface area contributed by atoms with E-state index in [1.807, 2.05) is 23.6 Å². The van der Waals surface area contributed by atoms with Crippen molar-refractivity contribution in [1.82, 2.24) is 4.98 Å². The number of benzene rings is 1. The number of hydrogen-bond donors (Lipinski definition) is 0. The van der Waals surface area contributed by atoms with Gasteiger partial charge in [0, 0.05) is 17.2 Å². The Morgan fingerprint density at radius 3 is 2.83 bits per heavy atom. The van der Waals surface area contributed by atoms with Gasteiger partial charge in [0.25, 0.3) is 0 Å². The van der Waals surface area contributed by atoms with E-state index in [0.29, 0.717) is 17.2 Å². The predicted molar refractivity (Wildman–Crippen MR) is 96.3 cm³/mol. The van der Waals surface area contributed by atoms with Gasteiger partial charge in [-0.15, -0.1) is 11.3 Å². The third-order valence-corrected chi connectivity index (χ3v) is 4.81. The lowest BCUT2D eigenvalue weighted by Crippen LogP contribution is -2.12. The topological polar surface area (TPSA) is 48.4 Å². The summed E-state index contributed by atoms with van der Waals surface area (Å²) in [6.45, 7) is 7.03. The monoisotopic (exact) mass is 343 g/mol. The number of rotatable bonds is 3. The van der Waals surface area contributed by atoms with Crippen LogP contribution in [0.25, 0.3) is 11.6 Å². The summed E-state index contributed by atoms with van der Waals surface area (Å²) in [4.78, 5) is 16.9. The molecule has 1 aliphatic heterocycles. The van der Waals surface area contributed by atoms with E-state index in [1.165, 1.54) is 24.0 Å². The van der Waals surface area contributed by atoms with Crippen molar-refractivity contribution in [1.29, 1.82) is 0 Å². The highest BCUT2D eigenvalue weighted by Gasteiger charge is 2.22. The highest BCUT2D eigenvalue weighted by Crippen LogP contribution is 2.31. The maximum atomic E-state index is 12.3. The summed E-state index contributed by atoms with van der Waals surface area (Å²) in [6.07, 6.45) is 2.74. The molecule has 0 amide bonds. The number of hydrogen-bond acceptors (Lipinski definition) is 5. The fourth-order valence-corrected chi connectivity index (χ4v) is 3.57. The third-order valence-electron chi connectivity index (χ3n) is 3.93. The molecule has 0 atom stereocenters. The molecule has 0 bridgehead atoms. The number of aromatic nitrogens is 1. The van der Waals surface area contributed by atoms with E-state index in [4.69, 9.17) is 9.47 Å². The highest BCUT2D eigenvalue weighted by molar-refractivity contribution is 7.11. The molecule has 5 heteroatoms. The Hall–Kier alpha value is -2.14. The van der Waals surface area contributed by atoms with Crippen LogP contribution in [0.1, 0.15) is 42.6 Å². The zero-order chi connectivity index (χ0) is 17.3. The second kappa shape index (κ2) is 6.40. The molecule has 24 heavy (non-hydrogen) atoms. The van der Waals surface area contributed by atoms with Crippen LogP contribution in [0.2, 0.25) is 0 Å². The summed E-state index contributed by atoms with van der Waals surface area (Å²) in [5.41, 5.74) is 3.52. The standard InChI is InChI=1S/C19H21NO3S/c1-19(2,3)16-11-24-17(20-16)14(18(21)22-4)10-12-5-6-15-13(9-12)7-8-23-15/h5-6,9-11H,7-8H2,1-4H3/b14-10+. The van der Waals surface area contributed by atoms with Crippen LogP contribution in [0.4, 0.5) is 0 Å². The largest absolute Gasteiger partial charge is 0.493 e. The van der Waals surface area contributed by atoms with Gasteiger partial charge in [0.1, 0.15) is 10.8 Å². The minimum absolute atomic E-state index is 0.0547. The fourth-order valence-electron chi connectivity index (χ4n) is 2.52. The second-order valence-corrected chi connectivity index (χ2v) is 7.66. The van der Waals surface area contributed by atoms with Crippen LogP contribution in [-0.2, 0) is 21.4 Å². The number of carbonyl (C=O) groups is 1. The number of methoxy groups -OCH3 is 1. The number of esters is 1. The smallest absolute Gasteiger partial charge is 0.340 e. The average molecular weight is 343 g/mol. The van der Waals surface area contributed by atoms with Gasteiger partial charge in [-0.05, 0) is 29.3 Å². The lowest BCUT2D eigenvalue weighted by molar-refractivity contribution is -0.133. The van der Waals surface area contributed by atoms with E-state index in [-0.39, 0.29) is 11.4 Å². The van der Waals surface area contributed by atoms with Crippen molar-refractivity contribution in [2.45, 2.75) is 32.6 Å². The molecule has 3 rings (SSSR count). The molecular weight excluding hydrogens is 322 g/mol. The molecule has 2 heterocycles. The molecule has 0 saturated heterocycles. The number of carbonyl (C=O) groups excluding carboxylic acids is 1. The number of ether oxygens (including phenoxy) is 2. The summed E-state index contributed by atoms with van der Waals surface area (Å²) in [6, 6.07) is 5.96. The van der Waals surface area contributed by atoms with Crippen LogP contribution in [0.3, 0.4) is 0 Å². The molecule has 0 unspecified atom stereocenters. The Bertz CT molecular complexity index is 799. The lowest BCUT2D eigenvalue weighted by atomic mass is 9.93. The Morgan fingerprint density at radius 2 is 2.17 bits per heavy atom. The van der Waals surface area contributed by atoms with E-state index in [2.05, 4.69) is 31.8 Å². The Morgan fingerprint density at radius 1 is 1.38 bits per heavy atom. The summed E-state index contributed by atoms with van der Waals surface area (Å²) in [7, 11) is 1.39. The molecule has 1 aromatic heterocycles. The molecule has 0 spiro atoms. The first-order valence-electron chi connectivity index (χ1n) is 7.90. The molecule has 1 aromatic carbocycles. The number of thiazole rings is 1. The van der Waals surface area contributed by atoms with Crippen molar-refractivity contribution in [2.24, 2.45) is 0 Å². The van der Waals surface area contributed by atoms with Gasteiger partial charge in [0.05, 0.1) is 25.0 Å². The first-order valence-corrected chi connectivity index (χ1v) is 8.78. The van der Waals surface area contributed by atoms with Crippen LogP contribution in [0.15, 0.2) is 23.6 Å². The van der Waals surface area contributed by atoms with Gasteiger partial charge < -0.3 is 9.47 Å². The van der Waals surface area contributed by atoms with Crippen LogP contribution < -0.4 is 4.74 Å². The third kappa shape index (κ3) is 3.36. The highest BCUT2D eigenvalue weighted by atomic mass is 32.1. The first-order chi connectivity index (χ1) is 11.4. The first kappa shape index (κ1) is 16.7. The van der Waals surface area contributed by atoms with E-state index in [1.54, 1.807) is 0 Å². The van der Waals surface area contributed by atoms with Crippen LogP contribution in [0.5, 0.6) is 5.75 Å². The van der Waals surface area contributed by atoms with E-state index >= 15 is 0 Å². The van der Waals surface area contributed by atoms with Gasteiger partial charge in [-0.1, -0.05) is 26.8 Å². The molecule has 4 nitrogen and oxygen atoms in total. The summed E-state index contributed by atoms with van der Waals surface area (Å²) < 4.78 is 10.5. The number of fused-ring (bicyclic) bond motifs is 1. The van der Waals surface area contributed by atoms with Crippen LogP contribution >= 0.6 is 11.3 Å².